The molecule has 0 unspecified atom stereocenters. The van der Waals surface area contributed by atoms with Crippen LogP contribution in [0.4, 0.5) is 0 Å². The smallest absolute Gasteiger partial charge is 0.123 e. The van der Waals surface area contributed by atoms with Gasteiger partial charge in [-0.2, -0.15) is 0 Å². The highest BCUT2D eigenvalue weighted by molar-refractivity contribution is 5.67. The van der Waals surface area contributed by atoms with Crippen LogP contribution < -0.4 is 10.1 Å². The van der Waals surface area contributed by atoms with E-state index < -0.39 is 0 Å². The van der Waals surface area contributed by atoms with E-state index in [2.05, 4.69) is 42.6 Å². The average Bonchev–Trinajstić information content (AvgIpc) is 3.00. The van der Waals surface area contributed by atoms with E-state index in [0.717, 1.165) is 32.1 Å². The predicted octanol–water partition coefficient (Wildman–Crippen LogP) is 3.50. The molecule has 0 bridgehead atoms. The molecule has 0 amide bonds. The quantitative estimate of drug-likeness (QED) is 0.911. The molecule has 3 nitrogen and oxygen atoms in total. The highest BCUT2D eigenvalue weighted by Gasteiger charge is 2.12. The molecule has 0 aromatic heterocycles. The Morgan fingerprint density at radius 1 is 1.05 bits per heavy atom. The topological polar surface area (TPSA) is 30.5 Å². The molecule has 1 N–H and O–H groups in total. The molecule has 0 radical (unpaired) electrons. The van der Waals surface area contributed by atoms with Crippen LogP contribution in [-0.4, -0.2) is 13.7 Å². The lowest BCUT2D eigenvalue weighted by atomic mass is 9.98. The van der Waals surface area contributed by atoms with E-state index in [1.54, 1.807) is 7.11 Å². The summed E-state index contributed by atoms with van der Waals surface area (Å²) in [5, 5.41) is 3.36. The Bertz CT molecular complexity index is 637. The maximum Gasteiger partial charge on any atom is 0.123 e. The SMILES string of the molecule is CCNCc1cc(-c2ccc3c(c2)COC3)ccc1OC. The first-order valence-corrected chi connectivity index (χ1v) is 7.39. The second-order valence-electron chi connectivity index (χ2n) is 5.28. The summed E-state index contributed by atoms with van der Waals surface area (Å²) in [6.07, 6.45) is 0. The molecule has 0 saturated carbocycles. The van der Waals surface area contributed by atoms with Gasteiger partial charge in [0.1, 0.15) is 5.75 Å². The number of rotatable bonds is 5. The van der Waals surface area contributed by atoms with Crippen LogP contribution in [-0.2, 0) is 24.5 Å². The first-order chi connectivity index (χ1) is 10.3. The maximum atomic E-state index is 5.49. The van der Waals surface area contributed by atoms with E-state index in [-0.39, 0.29) is 0 Å². The van der Waals surface area contributed by atoms with Crippen molar-refractivity contribution in [3.8, 4) is 16.9 Å². The Morgan fingerprint density at radius 3 is 2.62 bits per heavy atom. The van der Waals surface area contributed by atoms with Crippen molar-refractivity contribution in [2.24, 2.45) is 0 Å². The molecule has 0 aliphatic carbocycles. The molecule has 1 heterocycles. The Labute approximate surface area is 125 Å². The van der Waals surface area contributed by atoms with Crippen LogP contribution in [0.2, 0.25) is 0 Å². The van der Waals surface area contributed by atoms with E-state index in [4.69, 9.17) is 9.47 Å². The zero-order chi connectivity index (χ0) is 14.7. The van der Waals surface area contributed by atoms with Gasteiger partial charge in [-0.3, -0.25) is 0 Å². The number of methoxy groups -OCH3 is 1. The van der Waals surface area contributed by atoms with Gasteiger partial charge in [-0.15, -0.1) is 0 Å². The largest absolute Gasteiger partial charge is 0.496 e. The minimum Gasteiger partial charge on any atom is -0.496 e. The van der Waals surface area contributed by atoms with Crippen LogP contribution in [0.25, 0.3) is 11.1 Å². The molecule has 110 valence electrons. The summed E-state index contributed by atoms with van der Waals surface area (Å²) in [6, 6.07) is 13.0. The van der Waals surface area contributed by atoms with Gasteiger partial charge in [0.05, 0.1) is 20.3 Å². The molecular formula is C18H21NO2. The molecule has 1 aliphatic rings. The molecule has 0 saturated heterocycles. The predicted molar refractivity (Wildman–Crippen MR) is 84.3 cm³/mol. The van der Waals surface area contributed by atoms with E-state index in [1.807, 2.05) is 6.07 Å². The lowest BCUT2D eigenvalue weighted by Gasteiger charge is -2.12. The van der Waals surface area contributed by atoms with Crippen molar-refractivity contribution in [2.75, 3.05) is 13.7 Å². The monoisotopic (exact) mass is 283 g/mol. The number of fused-ring (bicyclic) bond motifs is 1. The van der Waals surface area contributed by atoms with Crippen molar-refractivity contribution in [1.29, 1.82) is 0 Å². The zero-order valence-electron chi connectivity index (χ0n) is 12.6. The first-order valence-electron chi connectivity index (χ1n) is 7.39. The van der Waals surface area contributed by atoms with E-state index in [0.29, 0.717) is 0 Å². The molecule has 0 spiro atoms. The van der Waals surface area contributed by atoms with Crippen LogP contribution >= 0.6 is 0 Å². The number of benzene rings is 2. The normalized spacial score (nSPS) is 13.2. The van der Waals surface area contributed by atoms with Crippen LogP contribution in [0.3, 0.4) is 0 Å². The van der Waals surface area contributed by atoms with Gasteiger partial charge < -0.3 is 14.8 Å². The minimum atomic E-state index is 0.726. The van der Waals surface area contributed by atoms with Gasteiger partial charge >= 0.3 is 0 Å². The van der Waals surface area contributed by atoms with Crippen molar-refractivity contribution in [2.45, 2.75) is 26.7 Å². The second kappa shape index (κ2) is 6.29. The fraction of sp³-hybridized carbons (Fsp3) is 0.333. The molecule has 3 rings (SSSR count). The Hall–Kier alpha value is -1.84. The molecule has 2 aromatic carbocycles. The van der Waals surface area contributed by atoms with Crippen LogP contribution in [0.5, 0.6) is 5.75 Å². The third kappa shape index (κ3) is 2.94. The summed E-state index contributed by atoms with van der Waals surface area (Å²) in [7, 11) is 1.72. The zero-order valence-corrected chi connectivity index (χ0v) is 12.6. The lowest BCUT2D eigenvalue weighted by Crippen LogP contribution is -2.12. The van der Waals surface area contributed by atoms with Crippen molar-refractivity contribution in [3.05, 3.63) is 53.1 Å². The van der Waals surface area contributed by atoms with E-state index in [1.165, 1.54) is 27.8 Å². The van der Waals surface area contributed by atoms with E-state index >= 15 is 0 Å². The maximum absolute atomic E-state index is 5.49. The third-order valence-corrected chi connectivity index (χ3v) is 3.90. The van der Waals surface area contributed by atoms with Gasteiger partial charge in [0.15, 0.2) is 0 Å². The molecule has 3 heteroatoms. The van der Waals surface area contributed by atoms with Crippen molar-refractivity contribution >= 4 is 0 Å². The first kappa shape index (κ1) is 14.1. The fourth-order valence-corrected chi connectivity index (χ4v) is 2.71. The van der Waals surface area contributed by atoms with Crippen molar-refractivity contribution < 1.29 is 9.47 Å². The average molecular weight is 283 g/mol. The Kier molecular flexibility index (Phi) is 4.23. The summed E-state index contributed by atoms with van der Waals surface area (Å²) < 4.78 is 10.9. The number of ether oxygens (including phenoxy) is 2. The third-order valence-electron chi connectivity index (χ3n) is 3.90. The number of hydrogen-bond acceptors (Lipinski definition) is 3. The molecular weight excluding hydrogens is 262 g/mol. The van der Waals surface area contributed by atoms with E-state index in [9.17, 15) is 0 Å². The summed E-state index contributed by atoms with van der Waals surface area (Å²) in [5.41, 5.74) is 6.25. The highest BCUT2D eigenvalue weighted by atomic mass is 16.5. The molecule has 2 aromatic rings. The van der Waals surface area contributed by atoms with Gasteiger partial charge in [0, 0.05) is 12.1 Å². The number of nitrogens with one attached hydrogen (secondary N) is 1. The highest BCUT2D eigenvalue weighted by Crippen LogP contribution is 2.30. The molecule has 0 atom stereocenters. The van der Waals surface area contributed by atoms with Crippen molar-refractivity contribution in [3.63, 3.8) is 0 Å². The van der Waals surface area contributed by atoms with Gasteiger partial charge in [-0.1, -0.05) is 25.1 Å². The molecule has 21 heavy (non-hydrogen) atoms. The van der Waals surface area contributed by atoms with Crippen molar-refractivity contribution in [1.82, 2.24) is 5.32 Å². The van der Waals surface area contributed by atoms with Gasteiger partial charge in [0.25, 0.3) is 0 Å². The second-order valence-corrected chi connectivity index (χ2v) is 5.28. The van der Waals surface area contributed by atoms with Crippen LogP contribution in [0.15, 0.2) is 36.4 Å². The fourth-order valence-electron chi connectivity index (χ4n) is 2.71. The standard InChI is InChI=1S/C18H21NO2/c1-3-19-10-16-8-14(6-7-18(16)20-2)13-4-5-15-11-21-12-17(15)9-13/h4-9,19H,3,10-12H2,1-2H3. The number of hydrogen-bond donors (Lipinski definition) is 1. The summed E-state index contributed by atoms with van der Waals surface area (Å²) in [5.74, 6) is 0.934. The Balaban J connectivity index is 1.94. The van der Waals surface area contributed by atoms with Gasteiger partial charge in [-0.05, 0) is 47.0 Å². The molecule has 1 aliphatic heterocycles. The summed E-state index contributed by atoms with van der Waals surface area (Å²) in [4.78, 5) is 0. The minimum absolute atomic E-state index is 0.726. The van der Waals surface area contributed by atoms with Gasteiger partial charge in [0.2, 0.25) is 0 Å². The Morgan fingerprint density at radius 2 is 1.81 bits per heavy atom. The molecule has 0 fully saturated rings. The summed E-state index contributed by atoms with van der Waals surface area (Å²) >= 11 is 0. The lowest BCUT2D eigenvalue weighted by molar-refractivity contribution is 0.134. The summed E-state index contributed by atoms with van der Waals surface area (Å²) in [6.45, 7) is 5.34. The van der Waals surface area contributed by atoms with Gasteiger partial charge in [-0.25, -0.2) is 0 Å². The van der Waals surface area contributed by atoms with Crippen LogP contribution in [0, 0.1) is 0 Å². The van der Waals surface area contributed by atoms with Crippen LogP contribution in [0.1, 0.15) is 23.6 Å².